The van der Waals surface area contributed by atoms with Gasteiger partial charge in [-0.25, -0.2) is 0 Å². The van der Waals surface area contributed by atoms with Gasteiger partial charge in [0, 0.05) is 13.6 Å². The minimum Gasteiger partial charge on any atom is -0.484 e. The third-order valence-electron chi connectivity index (χ3n) is 4.93. The van der Waals surface area contributed by atoms with Crippen molar-refractivity contribution in [3.63, 3.8) is 0 Å². The first-order valence-corrected chi connectivity index (χ1v) is 9.77. The fraction of sp³-hybridized carbons (Fsp3) is 0.391. The Morgan fingerprint density at radius 2 is 1.75 bits per heavy atom. The van der Waals surface area contributed by atoms with Gasteiger partial charge >= 0.3 is 0 Å². The summed E-state index contributed by atoms with van der Waals surface area (Å²) in [4.78, 5) is 27.0. The number of benzene rings is 2. The molecule has 0 aliphatic rings. The molecule has 0 spiro atoms. The van der Waals surface area contributed by atoms with E-state index < -0.39 is 6.04 Å². The molecule has 0 saturated heterocycles. The van der Waals surface area contributed by atoms with Gasteiger partial charge in [-0.05, 0) is 48.6 Å². The molecule has 2 aromatic rings. The highest BCUT2D eigenvalue weighted by Crippen LogP contribution is 2.17. The van der Waals surface area contributed by atoms with Gasteiger partial charge in [-0.3, -0.25) is 9.59 Å². The molecule has 0 aliphatic heterocycles. The molecule has 2 amide bonds. The summed E-state index contributed by atoms with van der Waals surface area (Å²) in [5, 5.41) is 2.66. The first-order valence-electron chi connectivity index (χ1n) is 9.77. The Bertz CT molecular complexity index is 787. The molecular formula is C23H30N2O3. The number of ether oxygens (including phenoxy) is 1. The zero-order chi connectivity index (χ0) is 20.5. The molecule has 0 unspecified atom stereocenters. The number of carbonyl (C=O) groups is 2. The van der Waals surface area contributed by atoms with Crippen LogP contribution in [0.5, 0.6) is 5.75 Å². The summed E-state index contributed by atoms with van der Waals surface area (Å²) in [5.74, 6) is 0.268. The van der Waals surface area contributed by atoms with E-state index in [-0.39, 0.29) is 18.4 Å². The molecule has 1 N–H and O–H groups in total. The number of rotatable bonds is 9. The topological polar surface area (TPSA) is 58.6 Å². The third-order valence-corrected chi connectivity index (χ3v) is 4.93. The lowest BCUT2D eigenvalue weighted by Crippen LogP contribution is -2.49. The van der Waals surface area contributed by atoms with Crippen LogP contribution in [0.1, 0.15) is 37.0 Å². The van der Waals surface area contributed by atoms with Crippen molar-refractivity contribution in [1.82, 2.24) is 10.2 Å². The Balaban J connectivity index is 2.17. The van der Waals surface area contributed by atoms with E-state index in [9.17, 15) is 9.59 Å². The molecule has 0 radical (unpaired) electrons. The lowest BCUT2D eigenvalue weighted by Gasteiger charge is -2.30. The zero-order valence-electron chi connectivity index (χ0n) is 17.2. The number of nitrogens with one attached hydrogen (secondary N) is 1. The van der Waals surface area contributed by atoms with Gasteiger partial charge in [0.05, 0.1) is 0 Å². The van der Waals surface area contributed by atoms with Gasteiger partial charge < -0.3 is 15.0 Å². The quantitative estimate of drug-likeness (QED) is 0.722. The van der Waals surface area contributed by atoms with Crippen LogP contribution >= 0.6 is 0 Å². The van der Waals surface area contributed by atoms with Crippen LogP contribution < -0.4 is 10.1 Å². The molecule has 1 atom stereocenters. The second kappa shape index (κ2) is 10.5. The van der Waals surface area contributed by atoms with E-state index >= 15 is 0 Å². The van der Waals surface area contributed by atoms with E-state index in [1.54, 1.807) is 11.9 Å². The monoisotopic (exact) mass is 382 g/mol. The van der Waals surface area contributed by atoms with Gasteiger partial charge in [0.1, 0.15) is 11.8 Å². The van der Waals surface area contributed by atoms with Crippen LogP contribution in [-0.4, -0.2) is 36.4 Å². The predicted molar refractivity (Wildman–Crippen MR) is 111 cm³/mol. The molecule has 2 aromatic carbocycles. The molecular weight excluding hydrogens is 352 g/mol. The van der Waals surface area contributed by atoms with Gasteiger partial charge in [0.2, 0.25) is 5.91 Å². The second-order valence-electron chi connectivity index (χ2n) is 6.77. The lowest BCUT2D eigenvalue weighted by atomic mass is 10.1. The molecule has 0 bridgehead atoms. The highest BCUT2D eigenvalue weighted by molar-refractivity contribution is 5.88. The Morgan fingerprint density at radius 3 is 2.32 bits per heavy atom. The third kappa shape index (κ3) is 5.59. The number of nitrogens with zero attached hydrogens (tertiary/aromatic N) is 1. The van der Waals surface area contributed by atoms with Gasteiger partial charge in [-0.2, -0.15) is 0 Å². The normalized spacial score (nSPS) is 11.6. The molecule has 150 valence electrons. The summed E-state index contributed by atoms with van der Waals surface area (Å²) in [5.41, 5.74) is 3.32. The smallest absolute Gasteiger partial charge is 0.261 e. The van der Waals surface area contributed by atoms with E-state index in [2.05, 4.69) is 12.2 Å². The maximum absolute atomic E-state index is 13.0. The first-order chi connectivity index (χ1) is 13.5. The van der Waals surface area contributed by atoms with Crippen molar-refractivity contribution in [2.45, 2.75) is 46.2 Å². The summed E-state index contributed by atoms with van der Waals surface area (Å²) in [6, 6.07) is 15.1. The number of likely N-dealkylation sites (N-methyl/N-ethyl adjacent to an activating group) is 1. The molecule has 0 heterocycles. The average Bonchev–Trinajstić information content (AvgIpc) is 2.73. The van der Waals surface area contributed by atoms with E-state index in [4.69, 9.17) is 4.74 Å². The molecule has 0 aromatic heterocycles. The fourth-order valence-electron chi connectivity index (χ4n) is 3.11. The SMILES string of the molecule is CCc1ccc(OCC(=O)N(Cc2ccccc2C)[C@@H](CC)C(=O)NC)cc1. The predicted octanol–water partition coefficient (Wildman–Crippen LogP) is 3.49. The molecule has 5 nitrogen and oxygen atoms in total. The number of aryl methyl sites for hydroxylation is 2. The molecule has 0 fully saturated rings. The standard InChI is InChI=1S/C23H30N2O3/c1-5-18-11-13-20(14-12-18)28-16-22(26)25(21(6-2)23(27)24-4)15-19-10-8-7-9-17(19)3/h7-14,21H,5-6,15-16H2,1-4H3,(H,24,27)/t21-/m0/s1. The maximum atomic E-state index is 13.0. The largest absolute Gasteiger partial charge is 0.484 e. The van der Waals surface area contributed by atoms with Gasteiger partial charge in [-0.1, -0.05) is 50.2 Å². The Hall–Kier alpha value is -2.82. The van der Waals surface area contributed by atoms with Gasteiger partial charge in [0.25, 0.3) is 5.91 Å². The van der Waals surface area contributed by atoms with Crippen molar-refractivity contribution in [1.29, 1.82) is 0 Å². The van der Waals surface area contributed by atoms with Crippen molar-refractivity contribution in [2.75, 3.05) is 13.7 Å². The summed E-state index contributed by atoms with van der Waals surface area (Å²) >= 11 is 0. The van der Waals surface area contributed by atoms with Crippen molar-refractivity contribution in [3.8, 4) is 5.75 Å². The van der Waals surface area contributed by atoms with Crippen LogP contribution in [0.25, 0.3) is 0 Å². The lowest BCUT2D eigenvalue weighted by molar-refractivity contribution is -0.142. The van der Waals surface area contributed by atoms with Crippen LogP contribution in [0.2, 0.25) is 0 Å². The number of hydrogen-bond acceptors (Lipinski definition) is 3. The van der Waals surface area contributed by atoms with Gasteiger partial charge in [-0.15, -0.1) is 0 Å². The molecule has 0 saturated carbocycles. The zero-order valence-corrected chi connectivity index (χ0v) is 17.2. The summed E-state index contributed by atoms with van der Waals surface area (Å²) < 4.78 is 5.70. The van der Waals surface area contributed by atoms with E-state index in [1.165, 1.54) is 5.56 Å². The summed E-state index contributed by atoms with van der Waals surface area (Å²) in [7, 11) is 1.59. The van der Waals surface area contributed by atoms with Crippen LogP contribution in [0, 0.1) is 6.92 Å². The number of carbonyl (C=O) groups excluding carboxylic acids is 2. The van der Waals surface area contributed by atoms with Crippen LogP contribution in [0.3, 0.4) is 0 Å². The molecule has 0 aliphatic carbocycles. The first kappa shape index (κ1) is 21.5. The van der Waals surface area contributed by atoms with E-state index in [0.29, 0.717) is 18.7 Å². The van der Waals surface area contributed by atoms with Crippen molar-refractivity contribution >= 4 is 11.8 Å². The Kier molecular flexibility index (Phi) is 8.05. The van der Waals surface area contributed by atoms with Crippen LogP contribution in [0.4, 0.5) is 0 Å². The second-order valence-corrected chi connectivity index (χ2v) is 6.77. The summed E-state index contributed by atoms with van der Waals surface area (Å²) in [6.07, 6.45) is 1.48. The van der Waals surface area contributed by atoms with Crippen molar-refractivity contribution < 1.29 is 14.3 Å². The summed E-state index contributed by atoms with van der Waals surface area (Å²) in [6.45, 7) is 6.26. The van der Waals surface area contributed by atoms with Crippen molar-refractivity contribution in [3.05, 3.63) is 65.2 Å². The fourth-order valence-corrected chi connectivity index (χ4v) is 3.11. The molecule has 5 heteroatoms. The molecule has 28 heavy (non-hydrogen) atoms. The van der Waals surface area contributed by atoms with E-state index in [0.717, 1.165) is 17.5 Å². The highest BCUT2D eigenvalue weighted by Gasteiger charge is 2.28. The minimum absolute atomic E-state index is 0.106. The van der Waals surface area contributed by atoms with Crippen molar-refractivity contribution in [2.24, 2.45) is 0 Å². The Labute approximate surface area is 167 Å². The number of amides is 2. The maximum Gasteiger partial charge on any atom is 0.261 e. The highest BCUT2D eigenvalue weighted by atomic mass is 16.5. The number of hydrogen-bond donors (Lipinski definition) is 1. The Morgan fingerprint density at radius 1 is 1.07 bits per heavy atom. The van der Waals surface area contributed by atoms with Gasteiger partial charge in [0.15, 0.2) is 6.61 Å². The molecule has 2 rings (SSSR count). The van der Waals surface area contributed by atoms with Crippen LogP contribution in [-0.2, 0) is 22.6 Å². The minimum atomic E-state index is -0.539. The van der Waals surface area contributed by atoms with E-state index in [1.807, 2.05) is 62.4 Å². The average molecular weight is 383 g/mol. The van der Waals surface area contributed by atoms with Crippen LogP contribution in [0.15, 0.2) is 48.5 Å².